The summed E-state index contributed by atoms with van der Waals surface area (Å²) in [4.78, 5) is 7.36. The Morgan fingerprint density at radius 3 is 2.57 bits per heavy atom. The lowest BCUT2D eigenvalue weighted by molar-refractivity contribution is 0.187. The fraction of sp³-hybridized carbons (Fsp3) is 0.842. The third kappa shape index (κ3) is 8.86. The molecule has 0 unspecified atom stereocenters. The number of aliphatic imine (C=N–C) groups is 1. The average Bonchev–Trinajstić information content (AvgIpc) is 2.96. The first kappa shape index (κ1) is 25.5. The standard InChI is InChI=1S/C19H37N7S.HI/c1-15(2)14-26-10-7-17(8-11-26)22-19(20-9-6-12-27-5)21-13-18-24-23-16(3)25(18)4;/h15,17H,6-14H2,1-5H3,(H2,20,21,22);1H. The number of aryl methyl sites for hydroxylation is 1. The fourth-order valence-corrected chi connectivity index (χ4v) is 3.72. The third-order valence-electron chi connectivity index (χ3n) is 4.93. The number of thioether (sulfide) groups is 1. The van der Waals surface area contributed by atoms with E-state index in [1.54, 1.807) is 0 Å². The van der Waals surface area contributed by atoms with Crippen molar-refractivity contribution in [3.63, 3.8) is 0 Å². The molecule has 0 bridgehead atoms. The average molecular weight is 524 g/mol. The van der Waals surface area contributed by atoms with Crippen LogP contribution < -0.4 is 10.6 Å². The largest absolute Gasteiger partial charge is 0.356 e. The Kier molecular flexibility index (Phi) is 12.4. The van der Waals surface area contributed by atoms with Gasteiger partial charge in [0.25, 0.3) is 0 Å². The summed E-state index contributed by atoms with van der Waals surface area (Å²) in [6.07, 6.45) is 5.62. The molecular weight excluding hydrogens is 485 g/mol. The van der Waals surface area contributed by atoms with Gasteiger partial charge >= 0.3 is 0 Å². The van der Waals surface area contributed by atoms with Crippen molar-refractivity contribution >= 4 is 41.7 Å². The molecule has 0 atom stereocenters. The van der Waals surface area contributed by atoms with Gasteiger partial charge in [-0.2, -0.15) is 11.8 Å². The van der Waals surface area contributed by atoms with Crippen LogP contribution in [-0.2, 0) is 13.6 Å². The maximum atomic E-state index is 4.78. The van der Waals surface area contributed by atoms with Gasteiger partial charge in [-0.15, -0.1) is 34.2 Å². The Balaban J connectivity index is 0.00000392. The fourth-order valence-electron chi connectivity index (χ4n) is 3.28. The predicted molar refractivity (Wildman–Crippen MR) is 131 cm³/mol. The van der Waals surface area contributed by atoms with Crippen molar-refractivity contribution in [2.24, 2.45) is 18.0 Å². The highest BCUT2D eigenvalue weighted by Gasteiger charge is 2.20. The Bertz CT molecular complexity index is 583. The normalized spacial score (nSPS) is 16.3. The van der Waals surface area contributed by atoms with Crippen LogP contribution >= 0.6 is 35.7 Å². The Morgan fingerprint density at radius 2 is 2.00 bits per heavy atom. The predicted octanol–water partition coefficient (Wildman–Crippen LogP) is 2.65. The quantitative estimate of drug-likeness (QED) is 0.225. The summed E-state index contributed by atoms with van der Waals surface area (Å²) in [5.41, 5.74) is 0. The summed E-state index contributed by atoms with van der Waals surface area (Å²) >= 11 is 1.88. The molecule has 0 aromatic carbocycles. The van der Waals surface area contributed by atoms with Crippen molar-refractivity contribution in [1.29, 1.82) is 0 Å². The molecule has 1 aromatic heterocycles. The van der Waals surface area contributed by atoms with Gasteiger partial charge in [0.2, 0.25) is 0 Å². The zero-order chi connectivity index (χ0) is 19.6. The maximum Gasteiger partial charge on any atom is 0.191 e. The molecule has 0 amide bonds. The number of likely N-dealkylation sites (tertiary alicyclic amines) is 1. The first-order valence-corrected chi connectivity index (χ1v) is 11.5. The Morgan fingerprint density at radius 1 is 1.29 bits per heavy atom. The van der Waals surface area contributed by atoms with Gasteiger partial charge in [0.05, 0.1) is 0 Å². The highest BCUT2D eigenvalue weighted by molar-refractivity contribution is 14.0. The number of hydrogen-bond donors (Lipinski definition) is 2. The molecule has 0 saturated carbocycles. The van der Waals surface area contributed by atoms with Crippen LogP contribution in [0.15, 0.2) is 4.99 Å². The van der Waals surface area contributed by atoms with E-state index in [2.05, 4.69) is 45.8 Å². The molecule has 162 valence electrons. The van der Waals surface area contributed by atoms with Crippen LogP contribution in [0.1, 0.15) is 44.8 Å². The van der Waals surface area contributed by atoms with Gasteiger partial charge in [0.1, 0.15) is 12.4 Å². The molecule has 1 saturated heterocycles. The van der Waals surface area contributed by atoms with E-state index >= 15 is 0 Å². The van der Waals surface area contributed by atoms with Crippen LogP contribution in [0, 0.1) is 12.8 Å². The number of piperidine rings is 1. The number of nitrogens with zero attached hydrogens (tertiary/aromatic N) is 5. The van der Waals surface area contributed by atoms with Crippen LogP contribution in [0.2, 0.25) is 0 Å². The van der Waals surface area contributed by atoms with E-state index in [0.717, 1.165) is 55.3 Å². The molecule has 0 spiro atoms. The van der Waals surface area contributed by atoms with Gasteiger partial charge in [-0.1, -0.05) is 13.8 Å². The molecule has 1 aliphatic heterocycles. The van der Waals surface area contributed by atoms with Crippen LogP contribution in [0.25, 0.3) is 0 Å². The van der Waals surface area contributed by atoms with E-state index in [-0.39, 0.29) is 24.0 Å². The van der Waals surface area contributed by atoms with Crippen LogP contribution in [0.3, 0.4) is 0 Å². The smallest absolute Gasteiger partial charge is 0.191 e. The van der Waals surface area contributed by atoms with Crippen molar-refractivity contribution in [2.75, 3.05) is 38.2 Å². The van der Waals surface area contributed by atoms with Gasteiger partial charge in [0, 0.05) is 39.3 Å². The zero-order valence-corrected chi connectivity index (χ0v) is 21.2. The second-order valence-electron chi connectivity index (χ2n) is 7.77. The summed E-state index contributed by atoms with van der Waals surface area (Å²) in [7, 11) is 1.99. The number of rotatable bonds is 9. The molecule has 2 N–H and O–H groups in total. The molecule has 7 nitrogen and oxygen atoms in total. The highest BCUT2D eigenvalue weighted by Crippen LogP contribution is 2.12. The van der Waals surface area contributed by atoms with E-state index in [1.165, 1.54) is 19.4 Å². The molecule has 1 aliphatic rings. The number of halogens is 1. The number of aromatic nitrogens is 3. The van der Waals surface area contributed by atoms with Crippen molar-refractivity contribution in [2.45, 2.75) is 52.6 Å². The van der Waals surface area contributed by atoms with Crippen molar-refractivity contribution in [3.05, 3.63) is 11.6 Å². The topological polar surface area (TPSA) is 70.4 Å². The zero-order valence-electron chi connectivity index (χ0n) is 18.1. The van der Waals surface area contributed by atoms with Gasteiger partial charge in [-0.05, 0) is 44.1 Å². The molecule has 0 radical (unpaired) electrons. The third-order valence-corrected chi connectivity index (χ3v) is 5.63. The summed E-state index contributed by atoms with van der Waals surface area (Å²) in [6, 6.07) is 0.487. The SMILES string of the molecule is CSCCCNC(=NCc1nnc(C)n1C)NC1CCN(CC(C)C)CC1.I. The van der Waals surface area contributed by atoms with Crippen molar-refractivity contribution < 1.29 is 0 Å². The minimum absolute atomic E-state index is 0. The van der Waals surface area contributed by atoms with Gasteiger partial charge in [-0.3, -0.25) is 0 Å². The number of guanidine groups is 1. The van der Waals surface area contributed by atoms with Crippen LogP contribution in [0.5, 0.6) is 0 Å². The van der Waals surface area contributed by atoms with E-state index < -0.39 is 0 Å². The van der Waals surface area contributed by atoms with Gasteiger partial charge in [-0.25, -0.2) is 4.99 Å². The highest BCUT2D eigenvalue weighted by atomic mass is 127. The molecule has 2 rings (SSSR count). The summed E-state index contributed by atoms with van der Waals surface area (Å²) in [5, 5.41) is 15.5. The summed E-state index contributed by atoms with van der Waals surface area (Å²) in [6.45, 7) is 11.6. The minimum atomic E-state index is 0. The first-order chi connectivity index (χ1) is 13.0. The molecule has 1 fully saturated rings. The molecule has 1 aromatic rings. The monoisotopic (exact) mass is 523 g/mol. The minimum Gasteiger partial charge on any atom is -0.356 e. The maximum absolute atomic E-state index is 4.78. The lowest BCUT2D eigenvalue weighted by Gasteiger charge is -2.34. The van der Waals surface area contributed by atoms with Crippen LogP contribution in [0.4, 0.5) is 0 Å². The molecule has 28 heavy (non-hydrogen) atoms. The molecule has 0 aliphatic carbocycles. The first-order valence-electron chi connectivity index (χ1n) is 10.1. The number of hydrogen-bond acceptors (Lipinski definition) is 5. The van der Waals surface area contributed by atoms with Crippen molar-refractivity contribution in [1.82, 2.24) is 30.3 Å². The number of nitrogens with one attached hydrogen (secondary N) is 2. The summed E-state index contributed by atoms with van der Waals surface area (Å²) in [5.74, 6) is 4.61. The van der Waals surface area contributed by atoms with Gasteiger partial charge < -0.3 is 20.1 Å². The lowest BCUT2D eigenvalue weighted by atomic mass is 10.0. The van der Waals surface area contributed by atoms with E-state index in [0.29, 0.717) is 12.6 Å². The molecular formula is C19H38IN7S. The van der Waals surface area contributed by atoms with E-state index in [9.17, 15) is 0 Å². The second-order valence-corrected chi connectivity index (χ2v) is 8.76. The Hall–Kier alpha value is -0.550. The van der Waals surface area contributed by atoms with Gasteiger partial charge in [0.15, 0.2) is 11.8 Å². The van der Waals surface area contributed by atoms with E-state index in [1.807, 2.05) is 30.3 Å². The van der Waals surface area contributed by atoms with Crippen molar-refractivity contribution in [3.8, 4) is 0 Å². The lowest BCUT2D eigenvalue weighted by Crippen LogP contribution is -2.49. The van der Waals surface area contributed by atoms with E-state index in [4.69, 9.17) is 4.99 Å². The molecule has 9 heteroatoms. The van der Waals surface area contributed by atoms with Crippen LogP contribution in [-0.4, -0.2) is 69.9 Å². The second kappa shape index (κ2) is 13.6. The molecule has 2 heterocycles. The Labute approximate surface area is 191 Å². The summed E-state index contributed by atoms with van der Waals surface area (Å²) < 4.78 is 2.00.